The molecule has 0 unspecified atom stereocenters. The molecule has 1 aromatic heterocycles. The molecule has 0 atom stereocenters. The number of aromatic amines is 1. The summed E-state index contributed by atoms with van der Waals surface area (Å²) in [7, 11) is 0. The Labute approximate surface area is 109 Å². The van der Waals surface area contributed by atoms with E-state index in [0.717, 1.165) is 5.52 Å². The summed E-state index contributed by atoms with van der Waals surface area (Å²) in [5, 5.41) is 2.63. The lowest BCUT2D eigenvalue weighted by molar-refractivity contribution is 0.0636. The molecular formula is C12H14N2O3S. The zero-order valence-corrected chi connectivity index (χ0v) is 11.2. The van der Waals surface area contributed by atoms with Crippen LogP contribution in [0.1, 0.15) is 20.8 Å². The number of fused-ring (bicyclic) bond motifs is 1. The molecule has 1 aromatic carbocycles. The van der Waals surface area contributed by atoms with Crippen molar-refractivity contribution in [3.8, 4) is 0 Å². The molecule has 0 fully saturated rings. The number of nitrogens with one attached hydrogen (secondary N) is 2. The Balaban J connectivity index is 2.17. The maximum absolute atomic E-state index is 11.6. The van der Waals surface area contributed by atoms with Gasteiger partial charge in [-0.2, -0.15) is 0 Å². The molecule has 2 rings (SSSR count). The minimum atomic E-state index is -0.527. The molecule has 2 N–H and O–H groups in total. The third kappa shape index (κ3) is 3.10. The monoisotopic (exact) mass is 266 g/mol. The van der Waals surface area contributed by atoms with Gasteiger partial charge in [0.1, 0.15) is 5.60 Å². The van der Waals surface area contributed by atoms with E-state index in [4.69, 9.17) is 21.4 Å². The molecule has 0 saturated carbocycles. The average Bonchev–Trinajstić information content (AvgIpc) is 2.53. The van der Waals surface area contributed by atoms with Crippen LogP contribution in [0.25, 0.3) is 11.1 Å². The molecule has 0 aliphatic rings. The predicted molar refractivity (Wildman–Crippen MR) is 71.3 cm³/mol. The lowest BCUT2D eigenvalue weighted by Crippen LogP contribution is -2.27. The molecule has 1 amide bonds. The summed E-state index contributed by atoms with van der Waals surface area (Å²) in [6, 6.07) is 5.21. The standard InChI is InChI=1S/C12H14N2O3S/c1-12(2,3)17-10(15)13-7-4-5-8-9(6-7)16-11(18)14-8/h4-6H,1-3H3,(H,13,15)(H,14,18). The third-order valence-electron chi connectivity index (χ3n) is 2.07. The van der Waals surface area contributed by atoms with Crippen molar-refractivity contribution in [1.29, 1.82) is 0 Å². The van der Waals surface area contributed by atoms with E-state index < -0.39 is 11.7 Å². The molecule has 18 heavy (non-hydrogen) atoms. The number of anilines is 1. The van der Waals surface area contributed by atoms with Crippen LogP contribution in [0.3, 0.4) is 0 Å². The van der Waals surface area contributed by atoms with Crippen LogP contribution in [0.15, 0.2) is 22.6 Å². The number of carbonyl (C=O) groups is 1. The van der Waals surface area contributed by atoms with Gasteiger partial charge in [0.2, 0.25) is 0 Å². The number of hydrogen-bond donors (Lipinski definition) is 2. The minimum Gasteiger partial charge on any atom is -0.444 e. The first kappa shape index (κ1) is 12.6. The predicted octanol–water partition coefficient (Wildman–Crippen LogP) is 3.84. The second-order valence-corrected chi connectivity index (χ2v) is 5.22. The minimum absolute atomic E-state index is 0.305. The van der Waals surface area contributed by atoms with Crippen LogP contribution in [0.2, 0.25) is 0 Å². The van der Waals surface area contributed by atoms with E-state index in [0.29, 0.717) is 16.1 Å². The number of H-pyrrole nitrogens is 1. The summed E-state index contributed by atoms with van der Waals surface area (Å²) >= 11 is 4.88. The molecule has 0 bridgehead atoms. The van der Waals surface area contributed by atoms with Gasteiger partial charge in [-0.25, -0.2) is 4.79 Å². The molecule has 0 radical (unpaired) electrons. The largest absolute Gasteiger partial charge is 0.444 e. The number of hydrogen-bond acceptors (Lipinski definition) is 4. The van der Waals surface area contributed by atoms with Crippen molar-refractivity contribution in [1.82, 2.24) is 4.98 Å². The van der Waals surface area contributed by atoms with Gasteiger partial charge in [0.25, 0.3) is 4.84 Å². The normalized spacial score (nSPS) is 11.5. The van der Waals surface area contributed by atoms with E-state index in [1.807, 2.05) is 0 Å². The Morgan fingerprint density at radius 3 is 2.83 bits per heavy atom. The van der Waals surface area contributed by atoms with Crippen LogP contribution >= 0.6 is 12.2 Å². The Morgan fingerprint density at radius 1 is 1.44 bits per heavy atom. The number of amides is 1. The van der Waals surface area contributed by atoms with Crippen LogP contribution in [0.4, 0.5) is 10.5 Å². The summed E-state index contributed by atoms with van der Waals surface area (Å²) in [6.45, 7) is 5.42. The van der Waals surface area contributed by atoms with Gasteiger partial charge in [-0.15, -0.1) is 0 Å². The Bertz CT molecular complexity index is 637. The van der Waals surface area contributed by atoms with E-state index in [9.17, 15) is 4.79 Å². The van der Waals surface area contributed by atoms with E-state index in [2.05, 4.69) is 10.3 Å². The van der Waals surface area contributed by atoms with Crippen LogP contribution in [-0.4, -0.2) is 16.7 Å². The van der Waals surface area contributed by atoms with E-state index in [-0.39, 0.29) is 0 Å². The highest BCUT2D eigenvalue weighted by atomic mass is 32.1. The smallest absolute Gasteiger partial charge is 0.412 e. The van der Waals surface area contributed by atoms with Crippen molar-refractivity contribution in [3.05, 3.63) is 23.0 Å². The summed E-state index contributed by atoms with van der Waals surface area (Å²) in [4.78, 5) is 14.8. The molecule has 96 valence electrons. The van der Waals surface area contributed by atoms with Gasteiger partial charge in [-0.3, -0.25) is 5.32 Å². The zero-order valence-electron chi connectivity index (χ0n) is 10.4. The van der Waals surface area contributed by atoms with Crippen molar-refractivity contribution < 1.29 is 13.9 Å². The van der Waals surface area contributed by atoms with E-state index in [1.54, 1.807) is 39.0 Å². The quantitative estimate of drug-likeness (QED) is 0.770. The SMILES string of the molecule is CC(C)(C)OC(=O)Nc1ccc2[nH]c(=S)oc2c1. The number of carbonyl (C=O) groups excluding carboxylic acids is 1. The summed E-state index contributed by atoms with van der Waals surface area (Å²) in [6.07, 6.45) is -0.504. The molecular weight excluding hydrogens is 252 g/mol. The number of benzene rings is 1. The molecule has 0 aliphatic carbocycles. The summed E-state index contributed by atoms with van der Waals surface area (Å²) < 4.78 is 10.4. The topological polar surface area (TPSA) is 67.3 Å². The lowest BCUT2D eigenvalue weighted by atomic mass is 10.2. The van der Waals surface area contributed by atoms with E-state index >= 15 is 0 Å². The van der Waals surface area contributed by atoms with Gasteiger partial charge >= 0.3 is 6.09 Å². The van der Waals surface area contributed by atoms with Crippen molar-refractivity contribution in [2.45, 2.75) is 26.4 Å². The van der Waals surface area contributed by atoms with Crippen LogP contribution in [-0.2, 0) is 4.74 Å². The van der Waals surface area contributed by atoms with Crippen molar-refractivity contribution >= 4 is 35.1 Å². The van der Waals surface area contributed by atoms with Crippen molar-refractivity contribution in [2.24, 2.45) is 0 Å². The molecule has 0 saturated heterocycles. The first-order valence-electron chi connectivity index (χ1n) is 5.46. The molecule has 5 nitrogen and oxygen atoms in total. The lowest BCUT2D eigenvalue weighted by Gasteiger charge is -2.19. The highest BCUT2D eigenvalue weighted by Gasteiger charge is 2.16. The van der Waals surface area contributed by atoms with E-state index in [1.165, 1.54) is 0 Å². The Hall–Kier alpha value is -1.82. The first-order valence-corrected chi connectivity index (χ1v) is 5.87. The zero-order chi connectivity index (χ0) is 13.3. The first-order chi connectivity index (χ1) is 8.33. The average molecular weight is 266 g/mol. The number of rotatable bonds is 1. The molecule has 6 heteroatoms. The highest BCUT2D eigenvalue weighted by molar-refractivity contribution is 7.71. The summed E-state index contributed by atoms with van der Waals surface area (Å²) in [5.41, 5.74) is 1.44. The van der Waals surface area contributed by atoms with Crippen molar-refractivity contribution in [3.63, 3.8) is 0 Å². The van der Waals surface area contributed by atoms with Gasteiger partial charge in [-0.1, -0.05) is 0 Å². The molecule has 2 aromatic rings. The molecule has 1 heterocycles. The number of oxazole rings is 1. The summed E-state index contributed by atoms with van der Waals surface area (Å²) in [5.74, 6) is 0. The Kier molecular flexibility index (Phi) is 3.13. The fourth-order valence-electron chi connectivity index (χ4n) is 1.44. The Morgan fingerprint density at radius 2 is 2.17 bits per heavy atom. The van der Waals surface area contributed by atoms with Crippen LogP contribution < -0.4 is 5.32 Å². The van der Waals surface area contributed by atoms with Crippen LogP contribution in [0, 0.1) is 4.84 Å². The number of aromatic nitrogens is 1. The molecule has 0 aliphatic heterocycles. The third-order valence-corrected chi connectivity index (χ3v) is 2.25. The van der Waals surface area contributed by atoms with Gasteiger partial charge in [0, 0.05) is 11.8 Å². The second-order valence-electron chi connectivity index (χ2n) is 4.85. The fraction of sp³-hybridized carbons (Fsp3) is 0.333. The van der Waals surface area contributed by atoms with Crippen LogP contribution in [0.5, 0.6) is 0 Å². The van der Waals surface area contributed by atoms with Gasteiger partial charge < -0.3 is 14.1 Å². The number of ether oxygens (including phenoxy) is 1. The maximum atomic E-state index is 11.6. The second kappa shape index (κ2) is 4.45. The highest BCUT2D eigenvalue weighted by Crippen LogP contribution is 2.19. The van der Waals surface area contributed by atoms with Crippen molar-refractivity contribution in [2.75, 3.05) is 5.32 Å². The van der Waals surface area contributed by atoms with Gasteiger partial charge in [0.05, 0.1) is 5.52 Å². The maximum Gasteiger partial charge on any atom is 0.412 e. The van der Waals surface area contributed by atoms with Gasteiger partial charge in [-0.05, 0) is 45.1 Å². The molecule has 0 spiro atoms. The van der Waals surface area contributed by atoms with Gasteiger partial charge in [0.15, 0.2) is 5.58 Å². The fourth-order valence-corrected chi connectivity index (χ4v) is 1.64.